The number of nitrogens with one attached hydrogen (secondary N) is 2. The Balaban J connectivity index is 1.85. The molecule has 26 heavy (non-hydrogen) atoms. The van der Waals surface area contributed by atoms with Crippen molar-refractivity contribution in [2.24, 2.45) is 5.73 Å². The molecule has 0 amide bonds. The Hall–Kier alpha value is -2.83. The van der Waals surface area contributed by atoms with Crippen LogP contribution in [0, 0.1) is 0 Å². The van der Waals surface area contributed by atoms with Gasteiger partial charge in [0.1, 0.15) is 11.6 Å². The first-order valence-corrected chi connectivity index (χ1v) is 9.16. The maximum atomic E-state index is 11.2. The summed E-state index contributed by atoms with van der Waals surface area (Å²) in [7, 11) is 0. The van der Waals surface area contributed by atoms with Gasteiger partial charge >= 0.3 is 0 Å². The summed E-state index contributed by atoms with van der Waals surface area (Å²) < 4.78 is 0. The van der Waals surface area contributed by atoms with Crippen LogP contribution in [0.15, 0.2) is 35.4 Å². The Kier molecular flexibility index (Phi) is 5.88. The Morgan fingerprint density at radius 3 is 2.77 bits per heavy atom. The van der Waals surface area contributed by atoms with E-state index in [1.54, 1.807) is 18.5 Å². The van der Waals surface area contributed by atoms with Crippen LogP contribution in [0.2, 0.25) is 0 Å². The number of nitrogens with zero attached hydrogens (tertiary/aromatic N) is 3. The number of rotatable bonds is 6. The van der Waals surface area contributed by atoms with Crippen molar-refractivity contribution in [2.75, 3.05) is 23.3 Å². The van der Waals surface area contributed by atoms with Gasteiger partial charge in [0.25, 0.3) is 0 Å². The number of pyridine rings is 1. The lowest BCUT2D eigenvalue weighted by molar-refractivity contribution is 0.573. The number of allylic oxidation sites excluding steroid dienone is 1. The van der Waals surface area contributed by atoms with E-state index in [0.717, 1.165) is 42.3 Å². The summed E-state index contributed by atoms with van der Waals surface area (Å²) in [6.45, 7) is 4.65. The number of aromatic amines is 1. The molecule has 0 unspecified atom stereocenters. The van der Waals surface area contributed by atoms with E-state index in [0.29, 0.717) is 12.4 Å². The molecule has 0 bridgehead atoms. The second-order valence-corrected chi connectivity index (χ2v) is 6.44. The molecule has 7 nitrogen and oxygen atoms in total. The molecule has 1 saturated heterocycles. The zero-order valence-electron chi connectivity index (χ0n) is 15.2. The average molecular weight is 354 g/mol. The molecule has 7 heteroatoms. The predicted molar refractivity (Wildman–Crippen MR) is 105 cm³/mol. The van der Waals surface area contributed by atoms with E-state index in [4.69, 9.17) is 10.7 Å². The Morgan fingerprint density at radius 1 is 1.31 bits per heavy atom. The molecule has 0 spiro atoms. The second-order valence-electron chi connectivity index (χ2n) is 6.44. The monoisotopic (exact) mass is 354 g/mol. The number of H-pyrrole nitrogens is 1. The minimum absolute atomic E-state index is 0.105. The fourth-order valence-electron chi connectivity index (χ4n) is 3.05. The first-order valence-electron chi connectivity index (χ1n) is 9.16. The SMILES string of the molecule is CCC(=CN)c1nc(NCc2ccc(=O)[nH]c2)cc(N2CCCCC2)n1. The Bertz CT molecular complexity index is 803. The van der Waals surface area contributed by atoms with Crippen molar-refractivity contribution >= 4 is 17.2 Å². The van der Waals surface area contributed by atoms with E-state index in [-0.39, 0.29) is 5.56 Å². The summed E-state index contributed by atoms with van der Waals surface area (Å²) in [6, 6.07) is 5.31. The standard InChI is InChI=1S/C19H26N6O/c1-2-15(11-20)19-23-16(21-12-14-6-7-18(26)22-13-14)10-17(24-19)25-8-4-3-5-9-25/h6-7,10-11,13H,2-5,8-9,12,20H2,1H3,(H,22,26)(H,21,23,24). The van der Waals surface area contributed by atoms with Crippen LogP contribution in [0.4, 0.5) is 11.6 Å². The fourth-order valence-corrected chi connectivity index (χ4v) is 3.05. The topological polar surface area (TPSA) is 99.9 Å². The van der Waals surface area contributed by atoms with E-state index < -0.39 is 0 Å². The number of anilines is 2. The minimum atomic E-state index is -0.105. The zero-order chi connectivity index (χ0) is 18.4. The van der Waals surface area contributed by atoms with Crippen molar-refractivity contribution in [1.82, 2.24) is 15.0 Å². The first kappa shape index (κ1) is 18.0. The maximum Gasteiger partial charge on any atom is 0.247 e. The highest BCUT2D eigenvalue weighted by Gasteiger charge is 2.16. The lowest BCUT2D eigenvalue weighted by atomic mass is 10.1. The molecule has 0 aliphatic carbocycles. The van der Waals surface area contributed by atoms with Crippen molar-refractivity contribution in [3.8, 4) is 0 Å². The summed E-state index contributed by atoms with van der Waals surface area (Å²) in [5, 5.41) is 3.34. The normalized spacial score (nSPS) is 15.1. The predicted octanol–water partition coefficient (Wildman–Crippen LogP) is 2.48. The molecule has 1 fully saturated rings. The van der Waals surface area contributed by atoms with Crippen molar-refractivity contribution in [2.45, 2.75) is 39.2 Å². The second kappa shape index (κ2) is 8.51. The third kappa shape index (κ3) is 4.41. The highest BCUT2D eigenvalue weighted by atomic mass is 16.1. The molecule has 1 aliphatic rings. The van der Waals surface area contributed by atoms with Crippen molar-refractivity contribution in [1.29, 1.82) is 0 Å². The smallest absolute Gasteiger partial charge is 0.247 e. The van der Waals surface area contributed by atoms with E-state index >= 15 is 0 Å². The van der Waals surface area contributed by atoms with E-state index in [9.17, 15) is 4.79 Å². The molecule has 3 rings (SSSR count). The molecule has 2 aromatic rings. The fraction of sp³-hybridized carbons (Fsp3) is 0.421. The van der Waals surface area contributed by atoms with Gasteiger partial charge in [-0.15, -0.1) is 0 Å². The maximum absolute atomic E-state index is 11.2. The van der Waals surface area contributed by atoms with Gasteiger partial charge < -0.3 is 20.9 Å². The number of aromatic nitrogens is 3. The van der Waals surface area contributed by atoms with Crippen LogP contribution in [-0.4, -0.2) is 28.0 Å². The molecule has 0 radical (unpaired) electrons. The lowest BCUT2D eigenvalue weighted by Gasteiger charge is -2.28. The van der Waals surface area contributed by atoms with Gasteiger partial charge in [0, 0.05) is 49.7 Å². The Morgan fingerprint density at radius 2 is 2.12 bits per heavy atom. The van der Waals surface area contributed by atoms with Gasteiger partial charge in [-0.1, -0.05) is 13.0 Å². The van der Waals surface area contributed by atoms with Crippen molar-refractivity contribution in [3.63, 3.8) is 0 Å². The summed E-state index contributed by atoms with van der Waals surface area (Å²) in [5.41, 5.74) is 7.57. The van der Waals surface area contributed by atoms with Gasteiger partial charge in [-0.25, -0.2) is 9.97 Å². The van der Waals surface area contributed by atoms with Crippen LogP contribution in [0.25, 0.3) is 5.57 Å². The molecule has 138 valence electrons. The number of hydrogen-bond acceptors (Lipinski definition) is 6. The van der Waals surface area contributed by atoms with Gasteiger partial charge in [-0.2, -0.15) is 0 Å². The Labute approximate surface area is 153 Å². The van der Waals surface area contributed by atoms with Gasteiger partial charge in [-0.3, -0.25) is 4.79 Å². The van der Waals surface area contributed by atoms with Crippen molar-refractivity contribution in [3.05, 3.63) is 52.3 Å². The highest BCUT2D eigenvalue weighted by Crippen LogP contribution is 2.24. The van der Waals surface area contributed by atoms with Crippen LogP contribution in [0.3, 0.4) is 0 Å². The number of hydrogen-bond donors (Lipinski definition) is 3. The third-order valence-electron chi connectivity index (χ3n) is 4.58. The highest BCUT2D eigenvalue weighted by molar-refractivity contribution is 5.63. The average Bonchev–Trinajstić information content (AvgIpc) is 2.69. The largest absolute Gasteiger partial charge is 0.404 e. The lowest BCUT2D eigenvalue weighted by Crippen LogP contribution is -2.30. The van der Waals surface area contributed by atoms with Gasteiger partial charge in [0.15, 0.2) is 5.82 Å². The summed E-state index contributed by atoms with van der Waals surface area (Å²) in [4.78, 5) is 25.6. The summed E-state index contributed by atoms with van der Waals surface area (Å²) in [5.74, 6) is 2.36. The van der Waals surface area contributed by atoms with Crippen LogP contribution in [-0.2, 0) is 6.54 Å². The molecule has 3 heterocycles. The molecule has 0 saturated carbocycles. The molecule has 0 atom stereocenters. The van der Waals surface area contributed by atoms with Crippen LogP contribution in [0.1, 0.15) is 44.0 Å². The first-order chi connectivity index (χ1) is 12.7. The van der Waals surface area contributed by atoms with E-state index in [2.05, 4.69) is 20.2 Å². The molecule has 0 aromatic carbocycles. The van der Waals surface area contributed by atoms with Crippen molar-refractivity contribution < 1.29 is 0 Å². The number of piperidine rings is 1. The van der Waals surface area contributed by atoms with E-state index in [1.807, 2.05) is 13.0 Å². The molecular formula is C19H26N6O. The van der Waals surface area contributed by atoms with Crippen LogP contribution in [0.5, 0.6) is 0 Å². The van der Waals surface area contributed by atoms with Crippen LogP contribution >= 0.6 is 0 Å². The van der Waals surface area contributed by atoms with Gasteiger partial charge in [-0.05, 0) is 31.2 Å². The van der Waals surface area contributed by atoms with Gasteiger partial charge in [0.05, 0.1) is 0 Å². The molecule has 2 aromatic heterocycles. The number of nitrogens with two attached hydrogens (primary N) is 1. The molecule has 1 aliphatic heterocycles. The minimum Gasteiger partial charge on any atom is -0.404 e. The summed E-state index contributed by atoms with van der Waals surface area (Å²) >= 11 is 0. The quantitative estimate of drug-likeness (QED) is 0.737. The molecule has 4 N–H and O–H groups in total. The van der Waals surface area contributed by atoms with E-state index in [1.165, 1.54) is 25.3 Å². The third-order valence-corrected chi connectivity index (χ3v) is 4.58. The van der Waals surface area contributed by atoms with Crippen LogP contribution < -0.4 is 21.5 Å². The van der Waals surface area contributed by atoms with Gasteiger partial charge in [0.2, 0.25) is 5.56 Å². The molecular weight excluding hydrogens is 328 g/mol. The summed E-state index contributed by atoms with van der Waals surface area (Å²) in [6.07, 6.45) is 7.72. The zero-order valence-corrected chi connectivity index (χ0v) is 15.2.